The van der Waals surface area contributed by atoms with Crippen molar-refractivity contribution in [2.24, 2.45) is 0 Å². The largest absolute Gasteiger partial charge is 0.492 e. The number of rotatable bonds is 7. The minimum atomic E-state index is -0.294. The Morgan fingerprint density at radius 1 is 1.50 bits per heavy atom. The van der Waals surface area contributed by atoms with E-state index in [9.17, 15) is 4.39 Å². The van der Waals surface area contributed by atoms with Gasteiger partial charge in [-0.1, -0.05) is 13.0 Å². The van der Waals surface area contributed by atoms with Gasteiger partial charge in [0.05, 0.1) is 6.61 Å². The molecule has 0 saturated carbocycles. The lowest BCUT2D eigenvalue weighted by Crippen LogP contribution is -2.20. The van der Waals surface area contributed by atoms with Crippen LogP contribution in [0.2, 0.25) is 0 Å². The average molecular weight is 249 g/mol. The van der Waals surface area contributed by atoms with E-state index < -0.39 is 0 Å². The fourth-order valence-electron chi connectivity index (χ4n) is 1.68. The van der Waals surface area contributed by atoms with E-state index in [-0.39, 0.29) is 11.9 Å². The van der Waals surface area contributed by atoms with Gasteiger partial charge in [0.2, 0.25) is 0 Å². The lowest BCUT2D eigenvalue weighted by molar-refractivity contribution is 0.318. The molecule has 1 rings (SSSR count). The molecular formula is C15H20FNO. The summed E-state index contributed by atoms with van der Waals surface area (Å²) in [7, 11) is 0. The number of hydrogen-bond donors (Lipinski definition) is 1. The van der Waals surface area contributed by atoms with Gasteiger partial charge in [0.1, 0.15) is 11.6 Å². The highest BCUT2D eigenvalue weighted by atomic mass is 19.1. The molecule has 18 heavy (non-hydrogen) atoms. The van der Waals surface area contributed by atoms with E-state index >= 15 is 0 Å². The number of benzene rings is 1. The smallest absolute Gasteiger partial charge is 0.127 e. The van der Waals surface area contributed by atoms with Gasteiger partial charge in [-0.25, -0.2) is 4.39 Å². The number of terminal acetylenes is 1. The summed E-state index contributed by atoms with van der Waals surface area (Å²) in [6.45, 7) is 5.47. The SMILES string of the molecule is C#CCCOc1cc(F)ccc1C(C)NCCC. The Morgan fingerprint density at radius 2 is 2.28 bits per heavy atom. The summed E-state index contributed by atoms with van der Waals surface area (Å²) in [6.07, 6.45) is 6.74. The summed E-state index contributed by atoms with van der Waals surface area (Å²) in [6, 6.07) is 4.75. The Balaban J connectivity index is 2.78. The molecule has 0 aliphatic carbocycles. The zero-order chi connectivity index (χ0) is 13.4. The molecular weight excluding hydrogens is 229 g/mol. The van der Waals surface area contributed by atoms with E-state index in [4.69, 9.17) is 11.2 Å². The van der Waals surface area contributed by atoms with Crippen LogP contribution < -0.4 is 10.1 Å². The molecule has 1 aromatic carbocycles. The Hall–Kier alpha value is -1.53. The molecule has 0 fully saturated rings. The van der Waals surface area contributed by atoms with Crippen molar-refractivity contribution in [1.82, 2.24) is 5.32 Å². The normalized spacial score (nSPS) is 11.9. The second-order valence-electron chi connectivity index (χ2n) is 4.16. The van der Waals surface area contributed by atoms with Crippen molar-refractivity contribution in [3.8, 4) is 18.1 Å². The van der Waals surface area contributed by atoms with Crippen molar-refractivity contribution in [2.75, 3.05) is 13.2 Å². The first-order chi connectivity index (χ1) is 8.69. The van der Waals surface area contributed by atoms with Gasteiger partial charge in [-0.05, 0) is 26.0 Å². The fraction of sp³-hybridized carbons (Fsp3) is 0.467. The average Bonchev–Trinajstić information content (AvgIpc) is 2.36. The second-order valence-corrected chi connectivity index (χ2v) is 4.16. The summed E-state index contributed by atoms with van der Waals surface area (Å²) in [5, 5.41) is 3.36. The monoisotopic (exact) mass is 249 g/mol. The van der Waals surface area contributed by atoms with Gasteiger partial charge in [0.25, 0.3) is 0 Å². The highest BCUT2D eigenvalue weighted by molar-refractivity contribution is 5.36. The maximum absolute atomic E-state index is 13.2. The summed E-state index contributed by atoms with van der Waals surface area (Å²) in [5.74, 6) is 2.78. The highest BCUT2D eigenvalue weighted by Crippen LogP contribution is 2.26. The first-order valence-corrected chi connectivity index (χ1v) is 6.28. The van der Waals surface area contributed by atoms with Crippen LogP contribution in [0.3, 0.4) is 0 Å². The molecule has 2 nitrogen and oxygen atoms in total. The third kappa shape index (κ3) is 4.38. The van der Waals surface area contributed by atoms with Crippen LogP contribution >= 0.6 is 0 Å². The van der Waals surface area contributed by atoms with Crippen LogP contribution in [0.1, 0.15) is 38.3 Å². The van der Waals surface area contributed by atoms with Crippen molar-refractivity contribution in [2.45, 2.75) is 32.7 Å². The number of halogens is 1. The van der Waals surface area contributed by atoms with Crippen LogP contribution in [-0.2, 0) is 0 Å². The van der Waals surface area contributed by atoms with Crippen LogP contribution in [0.4, 0.5) is 4.39 Å². The van der Waals surface area contributed by atoms with Gasteiger partial charge < -0.3 is 10.1 Å². The molecule has 0 heterocycles. The summed E-state index contributed by atoms with van der Waals surface area (Å²) in [5.41, 5.74) is 0.960. The van der Waals surface area contributed by atoms with E-state index in [0.717, 1.165) is 18.5 Å². The lowest BCUT2D eigenvalue weighted by atomic mass is 10.1. The van der Waals surface area contributed by atoms with Crippen molar-refractivity contribution in [1.29, 1.82) is 0 Å². The van der Waals surface area contributed by atoms with E-state index in [1.165, 1.54) is 12.1 Å². The predicted octanol–water partition coefficient (Wildman–Crippen LogP) is 3.29. The van der Waals surface area contributed by atoms with E-state index in [0.29, 0.717) is 18.8 Å². The molecule has 3 heteroatoms. The molecule has 0 spiro atoms. The number of hydrogen-bond acceptors (Lipinski definition) is 2. The molecule has 0 aliphatic rings. The molecule has 0 saturated heterocycles. The minimum absolute atomic E-state index is 0.131. The predicted molar refractivity (Wildman–Crippen MR) is 72.1 cm³/mol. The molecule has 0 bridgehead atoms. The molecule has 1 unspecified atom stereocenters. The summed E-state index contributed by atoms with van der Waals surface area (Å²) in [4.78, 5) is 0. The molecule has 0 aromatic heterocycles. The van der Waals surface area contributed by atoms with Crippen LogP contribution in [0.25, 0.3) is 0 Å². The van der Waals surface area contributed by atoms with E-state index in [2.05, 4.69) is 18.2 Å². The van der Waals surface area contributed by atoms with Crippen molar-refractivity contribution in [3.63, 3.8) is 0 Å². The Morgan fingerprint density at radius 3 is 2.94 bits per heavy atom. The Bertz CT molecular complexity index is 411. The standard InChI is InChI=1S/C15H20FNO/c1-4-6-10-18-15-11-13(16)7-8-14(15)12(3)17-9-5-2/h1,7-8,11-12,17H,5-6,9-10H2,2-3H3. The minimum Gasteiger partial charge on any atom is -0.492 e. The first-order valence-electron chi connectivity index (χ1n) is 6.28. The van der Waals surface area contributed by atoms with Gasteiger partial charge in [-0.3, -0.25) is 0 Å². The quantitative estimate of drug-likeness (QED) is 0.591. The third-order valence-electron chi connectivity index (χ3n) is 2.65. The Labute approximate surface area is 109 Å². The van der Waals surface area contributed by atoms with Crippen molar-refractivity contribution < 1.29 is 9.13 Å². The topological polar surface area (TPSA) is 21.3 Å². The first kappa shape index (κ1) is 14.5. The number of ether oxygens (including phenoxy) is 1. The summed E-state index contributed by atoms with van der Waals surface area (Å²) >= 11 is 0. The fourth-order valence-corrected chi connectivity index (χ4v) is 1.68. The molecule has 98 valence electrons. The molecule has 0 radical (unpaired) electrons. The highest BCUT2D eigenvalue weighted by Gasteiger charge is 2.12. The van der Waals surface area contributed by atoms with E-state index in [1.54, 1.807) is 6.07 Å². The van der Waals surface area contributed by atoms with Crippen LogP contribution in [0.15, 0.2) is 18.2 Å². The van der Waals surface area contributed by atoms with Gasteiger partial charge in [-0.2, -0.15) is 0 Å². The van der Waals surface area contributed by atoms with Gasteiger partial charge in [0, 0.05) is 24.1 Å². The molecule has 1 atom stereocenters. The van der Waals surface area contributed by atoms with Crippen LogP contribution in [-0.4, -0.2) is 13.2 Å². The molecule has 0 amide bonds. The zero-order valence-electron chi connectivity index (χ0n) is 11.0. The Kier molecular flexibility index (Phi) is 6.24. The lowest BCUT2D eigenvalue weighted by Gasteiger charge is -2.18. The maximum Gasteiger partial charge on any atom is 0.127 e. The maximum atomic E-state index is 13.2. The molecule has 0 aliphatic heterocycles. The van der Waals surface area contributed by atoms with Crippen LogP contribution in [0, 0.1) is 18.2 Å². The van der Waals surface area contributed by atoms with Gasteiger partial charge in [-0.15, -0.1) is 12.3 Å². The van der Waals surface area contributed by atoms with E-state index in [1.807, 2.05) is 6.92 Å². The third-order valence-corrected chi connectivity index (χ3v) is 2.65. The summed E-state index contributed by atoms with van der Waals surface area (Å²) < 4.78 is 18.8. The number of nitrogens with one attached hydrogen (secondary N) is 1. The molecule has 1 N–H and O–H groups in total. The van der Waals surface area contributed by atoms with Crippen molar-refractivity contribution >= 4 is 0 Å². The van der Waals surface area contributed by atoms with Crippen LogP contribution in [0.5, 0.6) is 5.75 Å². The zero-order valence-corrected chi connectivity index (χ0v) is 11.0. The van der Waals surface area contributed by atoms with Gasteiger partial charge >= 0.3 is 0 Å². The van der Waals surface area contributed by atoms with Crippen molar-refractivity contribution in [3.05, 3.63) is 29.6 Å². The van der Waals surface area contributed by atoms with Gasteiger partial charge in [0.15, 0.2) is 0 Å². The second kappa shape index (κ2) is 7.73. The molecule has 1 aromatic rings.